The van der Waals surface area contributed by atoms with Crippen LogP contribution in [-0.2, 0) is 12.8 Å². The first-order chi connectivity index (χ1) is 12.6. The molecule has 9 nitrogen and oxygen atoms in total. The molecule has 5 rings (SSSR count). The molecule has 0 amide bonds. The number of nitro groups is 1. The summed E-state index contributed by atoms with van der Waals surface area (Å²) in [6.07, 6.45) is 2.86. The first-order valence-electron chi connectivity index (χ1n) is 8.00. The topological polar surface area (TPSA) is 121 Å². The van der Waals surface area contributed by atoms with Crippen LogP contribution in [0.4, 0.5) is 5.69 Å². The van der Waals surface area contributed by atoms with Crippen LogP contribution < -0.4 is 11.4 Å². The van der Waals surface area contributed by atoms with E-state index in [0.717, 1.165) is 34.3 Å². The maximum absolute atomic E-state index is 12.7. The molecule has 130 valence electrons. The molecule has 1 aromatic carbocycles. The Bertz CT molecular complexity index is 1270. The Labute approximate surface area is 149 Å². The Morgan fingerprint density at radius 1 is 1.19 bits per heavy atom. The zero-order chi connectivity index (χ0) is 18.0. The fourth-order valence-electron chi connectivity index (χ4n) is 3.52. The number of nitro benzene ring substituents is 1. The Hall–Kier alpha value is -3.27. The van der Waals surface area contributed by atoms with Crippen LogP contribution in [0.3, 0.4) is 0 Å². The third kappa shape index (κ3) is 1.87. The summed E-state index contributed by atoms with van der Waals surface area (Å²) in [4.78, 5) is 25.1. The standard InChI is InChI=1S/C16H12N6O3S/c17-21-14(23)12-10-2-1-3-11(10)26-15(12)20-13(18-19-16(20)21)8-4-6-9(7-5-8)22(24)25/h4-7H,1-3,17H2. The van der Waals surface area contributed by atoms with Crippen LogP contribution in [0, 0.1) is 10.1 Å². The smallest absolute Gasteiger partial charge is 0.282 e. The van der Waals surface area contributed by atoms with Crippen molar-refractivity contribution in [3.63, 3.8) is 0 Å². The van der Waals surface area contributed by atoms with E-state index in [9.17, 15) is 14.9 Å². The van der Waals surface area contributed by atoms with Gasteiger partial charge in [-0.1, -0.05) is 0 Å². The molecular weight excluding hydrogens is 356 g/mol. The van der Waals surface area contributed by atoms with Crippen molar-refractivity contribution in [3.8, 4) is 11.4 Å². The van der Waals surface area contributed by atoms with E-state index in [1.54, 1.807) is 27.9 Å². The Balaban J connectivity index is 1.85. The van der Waals surface area contributed by atoms with Gasteiger partial charge in [-0.15, -0.1) is 21.5 Å². The van der Waals surface area contributed by atoms with Crippen LogP contribution in [0.25, 0.3) is 27.4 Å². The molecule has 0 bridgehead atoms. The minimum atomic E-state index is -0.453. The summed E-state index contributed by atoms with van der Waals surface area (Å²) in [5.41, 5.74) is 1.46. The molecule has 10 heteroatoms. The average Bonchev–Trinajstić information content (AvgIpc) is 3.33. The molecule has 26 heavy (non-hydrogen) atoms. The molecule has 0 saturated heterocycles. The number of rotatable bonds is 2. The molecule has 4 aromatic rings. The number of nitrogens with two attached hydrogens (primary N) is 1. The highest BCUT2D eigenvalue weighted by Crippen LogP contribution is 2.37. The SMILES string of the molecule is Nn1c(=O)c2c3c(sc2n2c(-c4ccc([N+](=O)[O-])cc4)nnc12)CCC3. The quantitative estimate of drug-likeness (QED) is 0.327. The fourth-order valence-corrected chi connectivity index (χ4v) is 4.90. The van der Waals surface area contributed by atoms with Gasteiger partial charge in [0.2, 0.25) is 0 Å². The third-order valence-electron chi connectivity index (χ3n) is 4.74. The summed E-state index contributed by atoms with van der Waals surface area (Å²) in [7, 11) is 0. The van der Waals surface area contributed by atoms with E-state index in [1.807, 2.05) is 0 Å². The van der Waals surface area contributed by atoms with Crippen molar-refractivity contribution in [2.45, 2.75) is 19.3 Å². The van der Waals surface area contributed by atoms with Crippen molar-refractivity contribution in [3.05, 3.63) is 55.2 Å². The highest BCUT2D eigenvalue weighted by atomic mass is 32.1. The maximum atomic E-state index is 12.7. The van der Waals surface area contributed by atoms with E-state index in [0.29, 0.717) is 16.8 Å². The first-order valence-corrected chi connectivity index (χ1v) is 8.82. The van der Waals surface area contributed by atoms with Crippen LogP contribution in [-0.4, -0.2) is 24.2 Å². The van der Waals surface area contributed by atoms with Crippen molar-refractivity contribution >= 4 is 33.0 Å². The number of hydrogen-bond acceptors (Lipinski definition) is 7. The second-order valence-corrected chi connectivity index (χ2v) is 7.26. The van der Waals surface area contributed by atoms with Crippen molar-refractivity contribution in [1.82, 2.24) is 19.3 Å². The summed E-state index contributed by atoms with van der Waals surface area (Å²) >= 11 is 1.57. The molecule has 0 saturated carbocycles. The van der Waals surface area contributed by atoms with Gasteiger partial charge in [-0.05, 0) is 37.0 Å². The average molecular weight is 368 g/mol. The van der Waals surface area contributed by atoms with Gasteiger partial charge in [-0.25, -0.2) is 4.40 Å². The second kappa shape index (κ2) is 5.11. The summed E-state index contributed by atoms with van der Waals surface area (Å²) in [6.45, 7) is 0. The highest BCUT2D eigenvalue weighted by Gasteiger charge is 2.25. The van der Waals surface area contributed by atoms with Gasteiger partial charge in [0.1, 0.15) is 4.83 Å². The summed E-state index contributed by atoms with van der Waals surface area (Å²) in [6, 6.07) is 6.07. The van der Waals surface area contributed by atoms with Gasteiger partial charge in [0.05, 0.1) is 10.3 Å². The minimum Gasteiger partial charge on any atom is -0.333 e. The number of fused-ring (bicyclic) bond motifs is 5. The number of benzene rings is 1. The van der Waals surface area contributed by atoms with Gasteiger partial charge in [0.15, 0.2) is 5.82 Å². The number of nitrogen functional groups attached to an aromatic ring is 1. The molecule has 2 N–H and O–H groups in total. The monoisotopic (exact) mass is 368 g/mol. The van der Waals surface area contributed by atoms with Gasteiger partial charge in [-0.3, -0.25) is 14.9 Å². The van der Waals surface area contributed by atoms with E-state index in [1.165, 1.54) is 17.0 Å². The lowest BCUT2D eigenvalue weighted by Crippen LogP contribution is -2.29. The zero-order valence-corrected chi connectivity index (χ0v) is 14.2. The lowest BCUT2D eigenvalue weighted by atomic mass is 10.2. The minimum absolute atomic E-state index is 0.00134. The molecule has 3 aromatic heterocycles. The molecule has 0 radical (unpaired) electrons. The number of hydrogen-bond donors (Lipinski definition) is 1. The molecule has 0 atom stereocenters. The predicted molar refractivity (Wildman–Crippen MR) is 96.9 cm³/mol. The Morgan fingerprint density at radius 2 is 1.96 bits per heavy atom. The Morgan fingerprint density at radius 3 is 2.69 bits per heavy atom. The molecule has 1 aliphatic rings. The number of nitrogens with zero attached hydrogens (tertiary/aromatic N) is 5. The molecule has 1 aliphatic carbocycles. The fraction of sp³-hybridized carbons (Fsp3) is 0.188. The number of thiophene rings is 1. The highest BCUT2D eigenvalue weighted by molar-refractivity contribution is 7.19. The van der Waals surface area contributed by atoms with Crippen LogP contribution in [0.5, 0.6) is 0 Å². The van der Waals surface area contributed by atoms with Crippen molar-refractivity contribution in [2.75, 3.05) is 5.84 Å². The summed E-state index contributed by atoms with van der Waals surface area (Å²) < 4.78 is 2.79. The second-order valence-electron chi connectivity index (χ2n) is 6.18. The largest absolute Gasteiger partial charge is 0.333 e. The summed E-state index contributed by atoms with van der Waals surface area (Å²) in [5, 5.41) is 19.7. The Kier molecular flexibility index (Phi) is 2.95. The van der Waals surface area contributed by atoms with Crippen LogP contribution in [0.1, 0.15) is 16.9 Å². The molecule has 0 spiro atoms. The van der Waals surface area contributed by atoms with Crippen LogP contribution in [0.2, 0.25) is 0 Å². The predicted octanol–water partition coefficient (Wildman–Crippen LogP) is 1.88. The van der Waals surface area contributed by atoms with E-state index < -0.39 is 4.92 Å². The lowest BCUT2D eigenvalue weighted by Gasteiger charge is -2.05. The van der Waals surface area contributed by atoms with Gasteiger partial charge >= 0.3 is 0 Å². The number of aryl methyl sites for hydroxylation is 2. The first kappa shape index (κ1) is 15.0. The van der Waals surface area contributed by atoms with E-state index in [-0.39, 0.29) is 17.0 Å². The van der Waals surface area contributed by atoms with Crippen molar-refractivity contribution in [1.29, 1.82) is 0 Å². The molecule has 0 fully saturated rings. The molecular formula is C16H12N6O3S. The van der Waals surface area contributed by atoms with E-state index in [2.05, 4.69) is 10.2 Å². The zero-order valence-electron chi connectivity index (χ0n) is 13.4. The summed E-state index contributed by atoms with van der Waals surface area (Å²) in [5.74, 6) is 6.73. The van der Waals surface area contributed by atoms with Gasteiger partial charge in [0, 0.05) is 22.6 Å². The lowest BCUT2D eigenvalue weighted by molar-refractivity contribution is -0.384. The molecule has 0 unspecified atom stereocenters. The third-order valence-corrected chi connectivity index (χ3v) is 6.01. The van der Waals surface area contributed by atoms with Crippen LogP contribution in [0.15, 0.2) is 29.1 Å². The van der Waals surface area contributed by atoms with Gasteiger partial charge in [0.25, 0.3) is 17.0 Å². The van der Waals surface area contributed by atoms with E-state index >= 15 is 0 Å². The van der Waals surface area contributed by atoms with Gasteiger partial charge < -0.3 is 5.84 Å². The van der Waals surface area contributed by atoms with Crippen molar-refractivity contribution < 1.29 is 4.92 Å². The molecule has 3 heterocycles. The number of non-ortho nitro benzene ring substituents is 1. The van der Waals surface area contributed by atoms with Gasteiger partial charge in [-0.2, -0.15) is 4.68 Å². The maximum Gasteiger partial charge on any atom is 0.282 e. The van der Waals surface area contributed by atoms with Crippen LogP contribution >= 0.6 is 11.3 Å². The number of aromatic nitrogens is 4. The molecule has 0 aliphatic heterocycles. The van der Waals surface area contributed by atoms with E-state index in [4.69, 9.17) is 5.84 Å². The normalized spacial score (nSPS) is 13.5. The van der Waals surface area contributed by atoms with Crippen molar-refractivity contribution in [2.24, 2.45) is 0 Å².